The molecule has 0 aliphatic heterocycles. The Morgan fingerprint density at radius 1 is 0.538 bits per heavy atom. The summed E-state index contributed by atoms with van der Waals surface area (Å²) in [5, 5.41) is 0. The maximum absolute atomic E-state index is 13.1. The average Bonchev–Trinajstić information content (AvgIpc) is 2.68. The quantitative estimate of drug-likeness (QED) is 0.584. The molecule has 0 aliphatic carbocycles. The number of nitrogens with zero attached hydrogens (tertiary/aromatic N) is 1. The molecule has 0 aliphatic rings. The number of sulfonamides is 2. The Kier molecular flexibility index (Phi) is 5.47. The molecule has 3 aromatic rings. The minimum absolute atomic E-state index is 0.0945. The van der Waals surface area contributed by atoms with Crippen LogP contribution >= 0.6 is 11.9 Å². The Labute approximate surface area is 157 Å². The normalized spacial score (nSPS) is 12.2. The Bertz CT molecular complexity index is 1000. The second kappa shape index (κ2) is 7.63. The van der Waals surface area contributed by atoms with Crippen LogP contribution in [0.2, 0.25) is 0 Å². The highest BCUT2D eigenvalue weighted by Gasteiger charge is 2.37. The Morgan fingerprint density at radius 3 is 1.27 bits per heavy atom. The fourth-order valence-electron chi connectivity index (χ4n) is 2.15. The Morgan fingerprint density at radius 2 is 0.885 bits per heavy atom. The standard InChI is InChI=1S/C18H15NO4S3/c20-25(21,17-12-6-2-7-13-17)19(24-16-10-4-1-5-11-16)26(22,23)18-14-8-3-9-15-18/h1-15H. The minimum atomic E-state index is -4.30. The SMILES string of the molecule is O=S(=O)(c1ccccc1)N(Sc1ccccc1)S(=O)(=O)c1ccccc1. The molecule has 0 radical (unpaired) electrons. The van der Waals surface area contributed by atoms with Crippen molar-refractivity contribution in [3.63, 3.8) is 0 Å². The summed E-state index contributed by atoms with van der Waals surface area (Å²) >= 11 is 0.650. The molecule has 0 spiro atoms. The first-order valence-corrected chi connectivity index (χ1v) is 11.2. The van der Waals surface area contributed by atoms with E-state index in [1.165, 1.54) is 24.3 Å². The van der Waals surface area contributed by atoms with Gasteiger partial charge in [0, 0.05) is 4.90 Å². The second-order valence-corrected chi connectivity index (χ2v) is 10.5. The van der Waals surface area contributed by atoms with E-state index in [2.05, 4.69) is 0 Å². The van der Waals surface area contributed by atoms with Crippen LogP contribution in [0.5, 0.6) is 0 Å². The zero-order valence-electron chi connectivity index (χ0n) is 13.5. The van der Waals surface area contributed by atoms with E-state index in [1.807, 2.05) is 0 Å². The molecule has 0 atom stereocenters. The highest BCUT2D eigenvalue weighted by atomic mass is 32.3. The number of hydrogen-bond donors (Lipinski definition) is 0. The molecule has 0 aromatic heterocycles. The zero-order chi connectivity index (χ0) is 18.6. The van der Waals surface area contributed by atoms with E-state index in [-0.39, 0.29) is 9.79 Å². The summed E-state index contributed by atoms with van der Waals surface area (Å²) in [5.41, 5.74) is 0. The first-order chi connectivity index (χ1) is 12.4. The van der Waals surface area contributed by atoms with Crippen LogP contribution in [0.25, 0.3) is 0 Å². The first kappa shape index (κ1) is 18.7. The molecule has 3 rings (SSSR count). The topological polar surface area (TPSA) is 71.5 Å². The summed E-state index contributed by atoms with van der Waals surface area (Å²) in [7, 11) is -8.59. The summed E-state index contributed by atoms with van der Waals surface area (Å²) in [6.07, 6.45) is 0. The van der Waals surface area contributed by atoms with Gasteiger partial charge in [0.2, 0.25) is 0 Å². The molecular formula is C18H15NO4S3. The van der Waals surface area contributed by atoms with Crippen LogP contribution < -0.4 is 0 Å². The molecule has 0 saturated heterocycles. The van der Waals surface area contributed by atoms with Crippen molar-refractivity contribution >= 4 is 32.0 Å². The lowest BCUT2D eigenvalue weighted by Crippen LogP contribution is -2.31. The lowest BCUT2D eigenvalue weighted by atomic mass is 10.4. The van der Waals surface area contributed by atoms with Crippen molar-refractivity contribution < 1.29 is 16.8 Å². The molecule has 0 unspecified atom stereocenters. The van der Waals surface area contributed by atoms with Gasteiger partial charge in [0.25, 0.3) is 20.0 Å². The molecule has 5 nitrogen and oxygen atoms in total. The molecule has 0 bridgehead atoms. The van der Waals surface area contributed by atoms with Crippen molar-refractivity contribution in [3.05, 3.63) is 91.0 Å². The molecule has 134 valence electrons. The molecular weight excluding hydrogens is 390 g/mol. The second-order valence-electron chi connectivity index (χ2n) is 5.20. The van der Waals surface area contributed by atoms with E-state index in [0.717, 1.165) is 0 Å². The van der Waals surface area contributed by atoms with Gasteiger partial charge in [-0.25, -0.2) is 16.8 Å². The van der Waals surface area contributed by atoms with Crippen molar-refractivity contribution in [1.82, 2.24) is 3.12 Å². The predicted octanol–water partition coefficient (Wildman–Crippen LogP) is 3.77. The minimum Gasteiger partial charge on any atom is -0.205 e. The van der Waals surface area contributed by atoms with Crippen LogP contribution in [-0.2, 0) is 20.0 Å². The smallest absolute Gasteiger partial charge is 0.205 e. The summed E-state index contributed by atoms with van der Waals surface area (Å²) in [6, 6.07) is 23.5. The van der Waals surface area contributed by atoms with Crippen molar-refractivity contribution in [2.45, 2.75) is 14.7 Å². The van der Waals surface area contributed by atoms with Gasteiger partial charge >= 0.3 is 0 Å². The van der Waals surface area contributed by atoms with Gasteiger partial charge < -0.3 is 0 Å². The Balaban J connectivity index is 2.14. The highest BCUT2D eigenvalue weighted by molar-refractivity contribution is 8.20. The van der Waals surface area contributed by atoms with Gasteiger partial charge in [0.15, 0.2) is 0 Å². The molecule has 8 heteroatoms. The van der Waals surface area contributed by atoms with Crippen molar-refractivity contribution in [2.75, 3.05) is 0 Å². The molecule has 0 saturated carbocycles. The van der Waals surface area contributed by atoms with E-state index in [1.54, 1.807) is 66.7 Å². The maximum atomic E-state index is 13.1. The largest absolute Gasteiger partial charge is 0.266 e. The van der Waals surface area contributed by atoms with Gasteiger partial charge in [-0.2, -0.15) is 0 Å². The van der Waals surface area contributed by atoms with Crippen LogP contribution in [-0.4, -0.2) is 20.0 Å². The van der Waals surface area contributed by atoms with Gasteiger partial charge in [-0.15, -0.1) is 0 Å². The van der Waals surface area contributed by atoms with Gasteiger partial charge in [-0.3, -0.25) is 0 Å². The van der Waals surface area contributed by atoms with Crippen LogP contribution in [0.3, 0.4) is 0 Å². The third-order valence-corrected chi connectivity index (χ3v) is 9.35. The van der Waals surface area contributed by atoms with Gasteiger partial charge in [0.05, 0.1) is 9.79 Å². The molecule has 0 amide bonds. The lowest BCUT2D eigenvalue weighted by molar-refractivity contribution is 0.554. The fraction of sp³-hybridized carbons (Fsp3) is 0. The van der Waals surface area contributed by atoms with E-state index in [0.29, 0.717) is 20.0 Å². The summed E-state index contributed by atoms with van der Waals surface area (Å²) in [5.74, 6) is 0. The lowest BCUT2D eigenvalue weighted by Gasteiger charge is -2.21. The summed E-state index contributed by atoms with van der Waals surface area (Å²) in [6.45, 7) is 0. The molecule has 0 fully saturated rings. The third-order valence-electron chi connectivity index (χ3n) is 3.40. The van der Waals surface area contributed by atoms with E-state index in [4.69, 9.17) is 0 Å². The van der Waals surface area contributed by atoms with Crippen LogP contribution in [0.1, 0.15) is 0 Å². The van der Waals surface area contributed by atoms with E-state index in [9.17, 15) is 16.8 Å². The van der Waals surface area contributed by atoms with Crippen molar-refractivity contribution in [2.24, 2.45) is 0 Å². The summed E-state index contributed by atoms with van der Waals surface area (Å²) in [4.78, 5) is 0.303. The number of rotatable bonds is 6. The average molecular weight is 406 g/mol. The molecule has 0 N–H and O–H groups in total. The van der Waals surface area contributed by atoms with E-state index >= 15 is 0 Å². The monoisotopic (exact) mass is 405 g/mol. The zero-order valence-corrected chi connectivity index (χ0v) is 15.9. The summed E-state index contributed by atoms with van der Waals surface area (Å²) < 4.78 is 52.8. The molecule has 26 heavy (non-hydrogen) atoms. The van der Waals surface area contributed by atoms with Crippen LogP contribution in [0, 0.1) is 0 Å². The first-order valence-electron chi connectivity index (χ1n) is 7.56. The van der Waals surface area contributed by atoms with Gasteiger partial charge in [-0.1, -0.05) is 54.6 Å². The third kappa shape index (κ3) is 3.83. The van der Waals surface area contributed by atoms with Crippen LogP contribution in [0.15, 0.2) is 106 Å². The fourth-order valence-corrected chi connectivity index (χ4v) is 7.32. The predicted molar refractivity (Wildman–Crippen MR) is 101 cm³/mol. The number of hydrogen-bond acceptors (Lipinski definition) is 5. The van der Waals surface area contributed by atoms with E-state index < -0.39 is 20.0 Å². The van der Waals surface area contributed by atoms with Gasteiger partial charge in [0.1, 0.15) is 0 Å². The maximum Gasteiger partial charge on any atom is 0.266 e. The van der Waals surface area contributed by atoms with Crippen molar-refractivity contribution in [1.29, 1.82) is 0 Å². The Hall–Kier alpha value is -2.13. The molecule has 3 aromatic carbocycles. The van der Waals surface area contributed by atoms with Crippen molar-refractivity contribution in [3.8, 4) is 0 Å². The molecule has 0 heterocycles. The van der Waals surface area contributed by atoms with Crippen LogP contribution in [0.4, 0.5) is 0 Å². The number of benzene rings is 3. The highest BCUT2D eigenvalue weighted by Crippen LogP contribution is 2.35. The van der Waals surface area contributed by atoms with Gasteiger partial charge in [-0.05, 0) is 51.5 Å².